The van der Waals surface area contributed by atoms with E-state index in [0.29, 0.717) is 22.6 Å². The SMILES string of the molecule is O=C(O)c1ccccc1Cc1cc(F)cc(Cl)c1. The van der Waals surface area contributed by atoms with Gasteiger partial charge in [0.05, 0.1) is 5.56 Å². The fraction of sp³-hybridized carbons (Fsp3) is 0.0714. The Hall–Kier alpha value is -1.87. The number of carboxylic acid groups (broad SMARTS) is 1. The minimum absolute atomic E-state index is 0.220. The normalized spacial score (nSPS) is 10.3. The van der Waals surface area contributed by atoms with Crippen LogP contribution in [-0.4, -0.2) is 11.1 Å². The standard InChI is InChI=1S/C14H10ClFO2/c15-11-6-9(7-12(16)8-11)5-10-3-1-2-4-13(10)14(17)18/h1-4,6-8H,5H2,(H,17,18). The summed E-state index contributed by atoms with van der Waals surface area (Å²) in [6.07, 6.45) is 0.333. The minimum atomic E-state index is -0.993. The van der Waals surface area contributed by atoms with Gasteiger partial charge in [-0.2, -0.15) is 0 Å². The van der Waals surface area contributed by atoms with Crippen LogP contribution in [0.25, 0.3) is 0 Å². The maximum Gasteiger partial charge on any atom is 0.335 e. The van der Waals surface area contributed by atoms with Crippen molar-refractivity contribution in [2.45, 2.75) is 6.42 Å². The zero-order chi connectivity index (χ0) is 13.1. The van der Waals surface area contributed by atoms with Gasteiger partial charge in [0.2, 0.25) is 0 Å². The van der Waals surface area contributed by atoms with E-state index in [1.807, 2.05) is 0 Å². The lowest BCUT2D eigenvalue weighted by Crippen LogP contribution is -2.02. The molecule has 0 aromatic heterocycles. The van der Waals surface area contributed by atoms with Crippen LogP contribution in [-0.2, 0) is 6.42 Å². The van der Waals surface area contributed by atoms with E-state index in [4.69, 9.17) is 16.7 Å². The molecule has 0 radical (unpaired) electrons. The van der Waals surface area contributed by atoms with Crippen LogP contribution in [0.3, 0.4) is 0 Å². The average molecular weight is 265 g/mol. The molecule has 0 aliphatic rings. The lowest BCUT2D eigenvalue weighted by Gasteiger charge is -2.06. The van der Waals surface area contributed by atoms with E-state index in [1.54, 1.807) is 24.3 Å². The Kier molecular flexibility index (Phi) is 3.63. The Morgan fingerprint density at radius 2 is 1.94 bits per heavy atom. The van der Waals surface area contributed by atoms with Crippen LogP contribution in [0.2, 0.25) is 5.02 Å². The Morgan fingerprint density at radius 1 is 1.22 bits per heavy atom. The molecule has 4 heteroatoms. The fourth-order valence-corrected chi connectivity index (χ4v) is 2.06. The topological polar surface area (TPSA) is 37.3 Å². The van der Waals surface area contributed by atoms with Crippen molar-refractivity contribution in [3.8, 4) is 0 Å². The number of benzene rings is 2. The first-order valence-electron chi connectivity index (χ1n) is 5.32. The average Bonchev–Trinajstić information content (AvgIpc) is 2.27. The van der Waals surface area contributed by atoms with Gasteiger partial charge in [-0.3, -0.25) is 0 Å². The number of hydrogen-bond acceptors (Lipinski definition) is 1. The monoisotopic (exact) mass is 264 g/mol. The first-order chi connectivity index (χ1) is 8.56. The lowest BCUT2D eigenvalue weighted by atomic mass is 10.00. The highest BCUT2D eigenvalue weighted by atomic mass is 35.5. The van der Waals surface area contributed by atoms with Crippen LogP contribution in [0.15, 0.2) is 42.5 Å². The zero-order valence-electron chi connectivity index (χ0n) is 9.36. The maximum absolute atomic E-state index is 13.2. The molecule has 0 atom stereocenters. The van der Waals surface area contributed by atoms with Crippen LogP contribution >= 0.6 is 11.6 Å². The van der Waals surface area contributed by atoms with Crippen LogP contribution in [0.5, 0.6) is 0 Å². The third-order valence-electron chi connectivity index (χ3n) is 2.56. The number of carboxylic acids is 1. The number of rotatable bonds is 3. The molecule has 0 bridgehead atoms. The van der Waals surface area contributed by atoms with Crippen molar-refractivity contribution in [2.75, 3.05) is 0 Å². The molecule has 0 unspecified atom stereocenters. The molecule has 92 valence electrons. The molecule has 2 nitrogen and oxygen atoms in total. The van der Waals surface area contributed by atoms with Crippen LogP contribution < -0.4 is 0 Å². The summed E-state index contributed by atoms with van der Waals surface area (Å²) in [6, 6.07) is 10.8. The van der Waals surface area contributed by atoms with Gasteiger partial charge in [0.25, 0.3) is 0 Å². The molecule has 0 saturated heterocycles. The molecular formula is C14H10ClFO2. The van der Waals surface area contributed by atoms with Gasteiger partial charge in [-0.25, -0.2) is 9.18 Å². The van der Waals surface area contributed by atoms with E-state index in [-0.39, 0.29) is 5.56 Å². The van der Waals surface area contributed by atoms with Crippen molar-refractivity contribution in [1.29, 1.82) is 0 Å². The van der Waals surface area contributed by atoms with E-state index in [2.05, 4.69) is 0 Å². The molecule has 2 rings (SSSR count). The van der Waals surface area contributed by atoms with E-state index in [0.717, 1.165) is 0 Å². The number of halogens is 2. The molecule has 2 aromatic carbocycles. The first-order valence-corrected chi connectivity index (χ1v) is 5.70. The van der Waals surface area contributed by atoms with Gasteiger partial charge in [0.15, 0.2) is 0 Å². The Balaban J connectivity index is 2.37. The van der Waals surface area contributed by atoms with Gasteiger partial charge in [-0.1, -0.05) is 29.8 Å². The summed E-state index contributed by atoms with van der Waals surface area (Å²) in [4.78, 5) is 11.0. The Morgan fingerprint density at radius 3 is 2.61 bits per heavy atom. The summed E-state index contributed by atoms with van der Waals surface area (Å²) in [5.41, 5.74) is 1.50. The molecule has 0 heterocycles. The quantitative estimate of drug-likeness (QED) is 0.916. The van der Waals surface area contributed by atoms with Gasteiger partial charge in [-0.15, -0.1) is 0 Å². The van der Waals surface area contributed by atoms with Crippen molar-refractivity contribution in [3.63, 3.8) is 0 Å². The summed E-state index contributed by atoms with van der Waals surface area (Å²) in [7, 11) is 0. The predicted molar refractivity (Wildman–Crippen MR) is 67.6 cm³/mol. The van der Waals surface area contributed by atoms with E-state index in [1.165, 1.54) is 18.2 Å². The van der Waals surface area contributed by atoms with Gasteiger partial charge in [-0.05, 0) is 41.8 Å². The first kappa shape index (κ1) is 12.6. The van der Waals surface area contributed by atoms with Gasteiger partial charge >= 0.3 is 5.97 Å². The van der Waals surface area contributed by atoms with Crippen molar-refractivity contribution in [1.82, 2.24) is 0 Å². The third-order valence-corrected chi connectivity index (χ3v) is 2.78. The molecule has 0 spiro atoms. The van der Waals surface area contributed by atoms with E-state index in [9.17, 15) is 9.18 Å². The molecular weight excluding hydrogens is 255 g/mol. The van der Waals surface area contributed by atoms with E-state index < -0.39 is 11.8 Å². The maximum atomic E-state index is 13.2. The summed E-state index contributed by atoms with van der Waals surface area (Å²) in [5.74, 6) is -1.42. The molecule has 2 aromatic rings. The van der Waals surface area contributed by atoms with Crippen LogP contribution in [0.4, 0.5) is 4.39 Å². The smallest absolute Gasteiger partial charge is 0.335 e. The number of carbonyl (C=O) groups is 1. The number of aromatic carboxylic acids is 1. The van der Waals surface area contributed by atoms with Crippen molar-refractivity contribution < 1.29 is 14.3 Å². The van der Waals surface area contributed by atoms with Crippen molar-refractivity contribution >= 4 is 17.6 Å². The second-order valence-electron chi connectivity index (χ2n) is 3.92. The summed E-state index contributed by atoms with van der Waals surface area (Å²) < 4.78 is 13.2. The summed E-state index contributed by atoms with van der Waals surface area (Å²) in [6.45, 7) is 0. The molecule has 0 aliphatic heterocycles. The van der Waals surface area contributed by atoms with Crippen LogP contribution in [0.1, 0.15) is 21.5 Å². The summed E-state index contributed by atoms with van der Waals surface area (Å²) >= 11 is 5.76. The minimum Gasteiger partial charge on any atom is -0.478 e. The number of hydrogen-bond donors (Lipinski definition) is 1. The third kappa shape index (κ3) is 2.87. The zero-order valence-corrected chi connectivity index (χ0v) is 10.1. The fourth-order valence-electron chi connectivity index (χ4n) is 1.82. The van der Waals surface area contributed by atoms with Gasteiger partial charge in [0.1, 0.15) is 5.82 Å². The largest absolute Gasteiger partial charge is 0.478 e. The molecule has 0 amide bonds. The predicted octanol–water partition coefficient (Wildman–Crippen LogP) is 3.77. The van der Waals surface area contributed by atoms with Gasteiger partial charge in [0, 0.05) is 5.02 Å². The molecule has 1 N–H and O–H groups in total. The highest BCUT2D eigenvalue weighted by molar-refractivity contribution is 6.30. The van der Waals surface area contributed by atoms with Crippen molar-refractivity contribution in [3.05, 3.63) is 70.0 Å². The molecule has 18 heavy (non-hydrogen) atoms. The lowest BCUT2D eigenvalue weighted by molar-refractivity contribution is 0.0696. The highest BCUT2D eigenvalue weighted by Gasteiger charge is 2.10. The van der Waals surface area contributed by atoms with Gasteiger partial charge < -0.3 is 5.11 Å². The molecule has 0 fully saturated rings. The Labute approximate surface area is 109 Å². The molecule has 0 aliphatic carbocycles. The summed E-state index contributed by atoms with van der Waals surface area (Å²) in [5, 5.41) is 9.36. The Bertz CT molecular complexity index is 576. The van der Waals surface area contributed by atoms with Crippen LogP contribution in [0, 0.1) is 5.82 Å². The second-order valence-corrected chi connectivity index (χ2v) is 4.35. The van der Waals surface area contributed by atoms with E-state index >= 15 is 0 Å². The molecule has 0 saturated carbocycles. The highest BCUT2D eigenvalue weighted by Crippen LogP contribution is 2.19. The second kappa shape index (κ2) is 5.19. The van der Waals surface area contributed by atoms with Crippen molar-refractivity contribution in [2.24, 2.45) is 0 Å².